The van der Waals surface area contributed by atoms with Crippen LogP contribution in [0.2, 0.25) is 4.34 Å². The topological polar surface area (TPSA) is 62.6 Å². The Morgan fingerprint density at radius 2 is 1.96 bits per heavy atom. The Balaban J connectivity index is 1.51. The highest BCUT2D eigenvalue weighted by Gasteiger charge is 2.24. The van der Waals surface area contributed by atoms with Crippen molar-refractivity contribution in [3.05, 3.63) is 68.8 Å². The molecule has 5 nitrogen and oxygen atoms in total. The van der Waals surface area contributed by atoms with E-state index in [0.29, 0.717) is 33.5 Å². The molecule has 1 aliphatic rings. The van der Waals surface area contributed by atoms with Gasteiger partial charge in [-0.15, -0.1) is 11.3 Å². The van der Waals surface area contributed by atoms with E-state index in [1.807, 2.05) is 11.0 Å². The standard InChI is InChI=1S/C21H19ClN2O3S/c1-13-16(9-11-27-13)20(25)23-15-7-5-14(6-8-15)21(26)24-10-3-2-4-18-17(24)12-19(22)28-18/h5-9,11-12H,2-4,10H2,1H3,(H,23,25). The highest BCUT2D eigenvalue weighted by Crippen LogP contribution is 2.37. The minimum absolute atomic E-state index is 0.0545. The van der Waals surface area contributed by atoms with Crippen LogP contribution in [0.15, 0.2) is 47.1 Å². The number of furan rings is 1. The molecule has 1 aliphatic heterocycles. The van der Waals surface area contributed by atoms with Crippen molar-refractivity contribution in [1.29, 1.82) is 0 Å². The fourth-order valence-corrected chi connectivity index (χ4v) is 4.66. The van der Waals surface area contributed by atoms with Gasteiger partial charge in [0.2, 0.25) is 0 Å². The molecule has 0 unspecified atom stereocenters. The number of nitrogens with zero attached hydrogens (tertiary/aromatic N) is 1. The summed E-state index contributed by atoms with van der Waals surface area (Å²) in [6, 6.07) is 10.5. The Bertz CT molecular complexity index is 1020. The first-order valence-corrected chi connectivity index (χ1v) is 10.3. The lowest BCUT2D eigenvalue weighted by atomic mass is 10.1. The lowest BCUT2D eigenvalue weighted by Crippen LogP contribution is -2.31. The van der Waals surface area contributed by atoms with Gasteiger partial charge < -0.3 is 14.6 Å². The van der Waals surface area contributed by atoms with Gasteiger partial charge in [-0.2, -0.15) is 0 Å². The van der Waals surface area contributed by atoms with E-state index in [2.05, 4.69) is 5.32 Å². The van der Waals surface area contributed by atoms with Gasteiger partial charge in [0.15, 0.2) is 0 Å². The summed E-state index contributed by atoms with van der Waals surface area (Å²) in [7, 11) is 0. The number of amides is 2. The SMILES string of the molecule is Cc1occc1C(=O)Nc1ccc(C(=O)N2CCCCc3sc(Cl)cc32)cc1. The number of anilines is 2. The zero-order chi connectivity index (χ0) is 19.7. The number of aryl methyl sites for hydroxylation is 2. The minimum atomic E-state index is -0.240. The molecule has 4 rings (SSSR count). The van der Waals surface area contributed by atoms with Gasteiger partial charge in [-0.05, 0) is 62.6 Å². The number of rotatable bonds is 3. The monoisotopic (exact) mass is 414 g/mol. The van der Waals surface area contributed by atoms with Crippen LogP contribution in [0.25, 0.3) is 0 Å². The first kappa shape index (κ1) is 18.8. The van der Waals surface area contributed by atoms with Gasteiger partial charge in [-0.25, -0.2) is 0 Å². The molecule has 0 bridgehead atoms. The third-order valence-electron chi connectivity index (χ3n) is 4.82. The molecule has 7 heteroatoms. The molecule has 1 aromatic carbocycles. The maximum Gasteiger partial charge on any atom is 0.259 e. The zero-order valence-electron chi connectivity index (χ0n) is 15.3. The average Bonchev–Trinajstić information content (AvgIpc) is 3.22. The summed E-state index contributed by atoms with van der Waals surface area (Å²) >= 11 is 7.72. The van der Waals surface area contributed by atoms with Crippen LogP contribution < -0.4 is 10.2 Å². The van der Waals surface area contributed by atoms with Gasteiger partial charge in [0.1, 0.15) is 5.76 Å². The number of nitrogens with one attached hydrogen (secondary N) is 1. The van der Waals surface area contributed by atoms with Crippen LogP contribution in [0.3, 0.4) is 0 Å². The first-order chi connectivity index (χ1) is 13.5. The van der Waals surface area contributed by atoms with E-state index in [1.165, 1.54) is 6.26 Å². The van der Waals surface area contributed by atoms with Gasteiger partial charge in [0, 0.05) is 22.7 Å². The van der Waals surface area contributed by atoms with Crippen LogP contribution in [0.4, 0.5) is 11.4 Å². The molecule has 2 aromatic heterocycles. The first-order valence-electron chi connectivity index (χ1n) is 9.08. The number of halogens is 1. The van der Waals surface area contributed by atoms with Gasteiger partial charge in [-0.3, -0.25) is 9.59 Å². The second-order valence-corrected chi connectivity index (χ2v) is 8.46. The van der Waals surface area contributed by atoms with Crippen LogP contribution >= 0.6 is 22.9 Å². The summed E-state index contributed by atoms with van der Waals surface area (Å²) in [5.74, 6) is 0.271. The Kier molecular flexibility index (Phi) is 5.24. The fourth-order valence-electron chi connectivity index (χ4n) is 3.35. The number of hydrogen-bond donors (Lipinski definition) is 1. The lowest BCUT2D eigenvalue weighted by Gasteiger charge is -2.21. The maximum absolute atomic E-state index is 13.1. The van der Waals surface area contributed by atoms with Crippen molar-refractivity contribution in [3.63, 3.8) is 0 Å². The Hall–Kier alpha value is -2.57. The van der Waals surface area contributed by atoms with Crippen molar-refractivity contribution in [3.8, 4) is 0 Å². The normalized spacial score (nSPS) is 13.7. The number of fused-ring (bicyclic) bond motifs is 1. The summed E-state index contributed by atoms with van der Waals surface area (Å²) in [5, 5.41) is 2.82. The third kappa shape index (κ3) is 3.70. The van der Waals surface area contributed by atoms with Gasteiger partial charge in [-0.1, -0.05) is 11.6 Å². The predicted octanol–water partition coefficient (Wildman–Crippen LogP) is 5.54. The van der Waals surface area contributed by atoms with Gasteiger partial charge in [0.25, 0.3) is 11.8 Å². The van der Waals surface area contributed by atoms with Crippen molar-refractivity contribution < 1.29 is 14.0 Å². The van der Waals surface area contributed by atoms with Crippen LogP contribution in [-0.2, 0) is 6.42 Å². The summed E-state index contributed by atoms with van der Waals surface area (Å²) in [6.45, 7) is 2.42. The molecular weight excluding hydrogens is 396 g/mol. The molecule has 0 saturated carbocycles. The molecule has 0 spiro atoms. The Labute approximate surface area is 171 Å². The van der Waals surface area contributed by atoms with Gasteiger partial charge >= 0.3 is 0 Å². The predicted molar refractivity (Wildman–Crippen MR) is 112 cm³/mol. The molecule has 0 radical (unpaired) electrons. The zero-order valence-corrected chi connectivity index (χ0v) is 16.9. The van der Waals surface area contributed by atoms with Crippen molar-refractivity contribution in [2.75, 3.05) is 16.8 Å². The average molecular weight is 415 g/mol. The van der Waals surface area contributed by atoms with Crippen molar-refractivity contribution in [1.82, 2.24) is 0 Å². The molecule has 0 aliphatic carbocycles. The van der Waals surface area contributed by atoms with Crippen molar-refractivity contribution >= 4 is 46.1 Å². The molecule has 144 valence electrons. The number of thiophene rings is 1. The third-order valence-corrected chi connectivity index (χ3v) is 6.13. The second-order valence-electron chi connectivity index (χ2n) is 6.69. The maximum atomic E-state index is 13.1. The van der Waals surface area contributed by atoms with E-state index < -0.39 is 0 Å². The van der Waals surface area contributed by atoms with Crippen molar-refractivity contribution in [2.45, 2.75) is 26.2 Å². The molecule has 0 fully saturated rings. The highest BCUT2D eigenvalue weighted by atomic mass is 35.5. The summed E-state index contributed by atoms with van der Waals surface area (Å²) in [4.78, 5) is 28.3. The lowest BCUT2D eigenvalue weighted by molar-refractivity contribution is 0.0985. The van der Waals surface area contributed by atoms with E-state index in [0.717, 1.165) is 29.8 Å². The van der Waals surface area contributed by atoms with Crippen LogP contribution in [0.1, 0.15) is 44.2 Å². The van der Waals surface area contributed by atoms with E-state index >= 15 is 0 Å². The van der Waals surface area contributed by atoms with Crippen LogP contribution in [-0.4, -0.2) is 18.4 Å². The number of hydrogen-bond acceptors (Lipinski definition) is 4. The molecule has 28 heavy (non-hydrogen) atoms. The van der Waals surface area contributed by atoms with Crippen LogP contribution in [0.5, 0.6) is 0 Å². The minimum Gasteiger partial charge on any atom is -0.469 e. The van der Waals surface area contributed by atoms with Crippen molar-refractivity contribution in [2.24, 2.45) is 0 Å². The summed E-state index contributed by atoms with van der Waals surface area (Å²) in [6.07, 6.45) is 4.45. The Morgan fingerprint density at radius 1 is 1.18 bits per heavy atom. The van der Waals surface area contributed by atoms with E-state index in [4.69, 9.17) is 16.0 Å². The van der Waals surface area contributed by atoms with Gasteiger partial charge in [0.05, 0.1) is 21.9 Å². The summed E-state index contributed by atoms with van der Waals surface area (Å²) < 4.78 is 5.87. The summed E-state index contributed by atoms with van der Waals surface area (Å²) in [5.41, 5.74) is 2.61. The molecule has 0 saturated heterocycles. The molecular formula is C21H19ClN2O3S. The molecule has 1 N–H and O–H groups in total. The second kappa shape index (κ2) is 7.81. The smallest absolute Gasteiger partial charge is 0.259 e. The Morgan fingerprint density at radius 3 is 2.68 bits per heavy atom. The number of carbonyl (C=O) groups excluding carboxylic acids is 2. The largest absolute Gasteiger partial charge is 0.469 e. The van der Waals surface area contributed by atoms with E-state index in [1.54, 1.807) is 48.6 Å². The quantitative estimate of drug-likeness (QED) is 0.612. The molecule has 0 atom stereocenters. The number of benzene rings is 1. The van der Waals surface area contributed by atoms with E-state index in [9.17, 15) is 9.59 Å². The highest BCUT2D eigenvalue weighted by molar-refractivity contribution is 7.16. The molecule has 3 heterocycles. The van der Waals surface area contributed by atoms with E-state index in [-0.39, 0.29) is 11.8 Å². The van der Waals surface area contributed by atoms with Crippen LogP contribution in [0, 0.1) is 6.92 Å². The molecule has 3 aromatic rings. The fraction of sp³-hybridized carbons (Fsp3) is 0.238. The number of carbonyl (C=O) groups is 2. The molecule has 2 amide bonds.